The van der Waals surface area contributed by atoms with Crippen LogP contribution in [0.4, 0.5) is 0 Å². The van der Waals surface area contributed by atoms with Gasteiger partial charge < -0.3 is 9.47 Å². The van der Waals surface area contributed by atoms with Gasteiger partial charge in [0.15, 0.2) is 5.01 Å². The first-order valence-corrected chi connectivity index (χ1v) is 20.0. The zero-order valence-electron chi connectivity index (χ0n) is 30.2. The highest BCUT2D eigenvalue weighted by atomic mass is 32.1. The molecule has 0 bridgehead atoms. The molecule has 262 valence electrons. The quantitative estimate of drug-likeness (QED) is 0.0546. The molecule has 0 amide bonds. The van der Waals surface area contributed by atoms with Gasteiger partial charge in [0.25, 0.3) is 0 Å². The van der Waals surface area contributed by atoms with Crippen molar-refractivity contribution in [1.82, 2.24) is 10.2 Å². The second-order valence-electron chi connectivity index (χ2n) is 13.1. The summed E-state index contributed by atoms with van der Waals surface area (Å²) in [7, 11) is 0. The van der Waals surface area contributed by atoms with Crippen LogP contribution in [0.25, 0.3) is 21.7 Å². The van der Waals surface area contributed by atoms with Crippen LogP contribution >= 0.6 is 11.3 Å². The largest absolute Gasteiger partial charge is 0.494 e. The third-order valence-corrected chi connectivity index (χ3v) is 9.83. The van der Waals surface area contributed by atoms with E-state index in [1.807, 2.05) is 12.1 Å². The molecule has 1 aromatic heterocycles. The molecule has 4 rings (SSSR count). The lowest BCUT2D eigenvalue weighted by Gasteiger charge is -2.08. The minimum Gasteiger partial charge on any atom is -0.494 e. The molecule has 0 aliphatic rings. The molecule has 0 N–H and O–H groups in total. The molecule has 0 saturated heterocycles. The summed E-state index contributed by atoms with van der Waals surface area (Å²) in [6, 6.07) is 24.9. The smallest absolute Gasteiger partial charge is 0.191 e. The Morgan fingerprint density at radius 2 is 0.857 bits per heavy atom. The third-order valence-electron chi connectivity index (χ3n) is 8.95. The molecule has 4 nitrogen and oxygen atoms in total. The zero-order valence-corrected chi connectivity index (χ0v) is 31.0. The first-order chi connectivity index (χ1) is 24.2. The standard InChI is InChI=1S/C44H58N2O2S/c1-3-5-7-9-11-13-14-16-18-20-36-48-42-32-28-40(29-33-42)44-46-45-43(49-44)34-23-37-21-24-38(25-22-37)39-26-30-41(31-27-39)47-35-19-17-15-12-10-8-6-4-2/h21-22,24-33H,3-20,35-36H2,1-2H3. The van der Waals surface area contributed by atoms with Gasteiger partial charge in [-0.05, 0) is 78.4 Å². The minimum atomic E-state index is 0.711. The molecule has 0 aliphatic carbocycles. The molecule has 0 radical (unpaired) electrons. The molecule has 4 aromatic rings. The second kappa shape index (κ2) is 23.7. The van der Waals surface area contributed by atoms with Crippen molar-refractivity contribution in [3.05, 3.63) is 83.4 Å². The lowest BCUT2D eigenvalue weighted by molar-refractivity contribution is 0.304. The van der Waals surface area contributed by atoms with Crippen molar-refractivity contribution < 1.29 is 9.47 Å². The van der Waals surface area contributed by atoms with Gasteiger partial charge >= 0.3 is 0 Å². The number of hydrogen-bond acceptors (Lipinski definition) is 5. The Balaban J connectivity index is 1.13. The van der Waals surface area contributed by atoms with Crippen molar-refractivity contribution in [2.75, 3.05) is 13.2 Å². The van der Waals surface area contributed by atoms with Crippen molar-refractivity contribution in [1.29, 1.82) is 0 Å². The lowest BCUT2D eigenvalue weighted by atomic mass is 10.0. The molecule has 3 aromatic carbocycles. The van der Waals surface area contributed by atoms with Crippen LogP contribution in [-0.2, 0) is 0 Å². The highest BCUT2D eigenvalue weighted by Gasteiger charge is 2.06. The Hall–Kier alpha value is -3.62. The fraction of sp³-hybridized carbons (Fsp3) is 0.500. The maximum atomic E-state index is 5.98. The van der Waals surface area contributed by atoms with Crippen LogP contribution < -0.4 is 9.47 Å². The molecule has 0 saturated carbocycles. The Labute approximate surface area is 301 Å². The van der Waals surface area contributed by atoms with Gasteiger partial charge in [-0.2, -0.15) is 0 Å². The van der Waals surface area contributed by atoms with E-state index >= 15 is 0 Å². The van der Waals surface area contributed by atoms with Crippen molar-refractivity contribution in [3.63, 3.8) is 0 Å². The number of unbranched alkanes of at least 4 members (excludes halogenated alkanes) is 16. The van der Waals surface area contributed by atoms with E-state index in [-0.39, 0.29) is 0 Å². The average Bonchev–Trinajstić information content (AvgIpc) is 3.62. The monoisotopic (exact) mass is 678 g/mol. The summed E-state index contributed by atoms with van der Waals surface area (Å²) in [6.45, 7) is 6.11. The van der Waals surface area contributed by atoms with E-state index < -0.39 is 0 Å². The number of rotatable bonds is 24. The van der Waals surface area contributed by atoms with Gasteiger partial charge in [-0.15, -0.1) is 10.2 Å². The Bertz CT molecular complexity index is 1480. The molecular weight excluding hydrogens is 621 g/mol. The molecule has 0 fully saturated rings. The van der Waals surface area contributed by atoms with Crippen LogP contribution in [0, 0.1) is 11.8 Å². The van der Waals surface area contributed by atoms with E-state index in [1.54, 1.807) is 0 Å². The molecule has 0 unspecified atom stereocenters. The summed E-state index contributed by atoms with van der Waals surface area (Å²) in [5.74, 6) is 8.28. The summed E-state index contributed by atoms with van der Waals surface area (Å²) in [5, 5.41) is 10.3. The molecule has 1 heterocycles. The van der Waals surface area contributed by atoms with Gasteiger partial charge in [0, 0.05) is 11.1 Å². The van der Waals surface area contributed by atoms with Crippen molar-refractivity contribution in [3.8, 4) is 45.0 Å². The Morgan fingerprint density at radius 1 is 0.449 bits per heavy atom. The number of aromatic nitrogens is 2. The van der Waals surface area contributed by atoms with E-state index in [0.29, 0.717) is 5.01 Å². The van der Waals surface area contributed by atoms with Gasteiger partial charge in [-0.25, -0.2) is 0 Å². The molecule has 49 heavy (non-hydrogen) atoms. The minimum absolute atomic E-state index is 0.711. The maximum Gasteiger partial charge on any atom is 0.191 e. The fourth-order valence-corrected chi connectivity index (χ4v) is 6.61. The van der Waals surface area contributed by atoms with E-state index in [4.69, 9.17) is 9.47 Å². The summed E-state index contributed by atoms with van der Waals surface area (Å²) >= 11 is 1.51. The van der Waals surface area contributed by atoms with Crippen LogP contribution in [0.3, 0.4) is 0 Å². The topological polar surface area (TPSA) is 44.2 Å². The maximum absolute atomic E-state index is 5.98. The van der Waals surface area contributed by atoms with E-state index in [2.05, 4.69) is 96.5 Å². The van der Waals surface area contributed by atoms with E-state index in [0.717, 1.165) is 59.3 Å². The van der Waals surface area contributed by atoms with Gasteiger partial charge in [0.2, 0.25) is 0 Å². The van der Waals surface area contributed by atoms with Crippen molar-refractivity contribution in [2.24, 2.45) is 0 Å². The van der Waals surface area contributed by atoms with Gasteiger partial charge in [0.05, 0.1) is 13.2 Å². The van der Waals surface area contributed by atoms with E-state index in [9.17, 15) is 0 Å². The number of benzene rings is 3. The predicted molar refractivity (Wildman–Crippen MR) is 209 cm³/mol. The molecule has 0 atom stereocenters. The molecule has 0 aliphatic heterocycles. The number of nitrogens with zero attached hydrogens (tertiary/aromatic N) is 2. The molecular formula is C44H58N2O2S. The third kappa shape index (κ3) is 15.2. The molecule has 0 spiro atoms. The predicted octanol–water partition coefficient (Wildman–Crippen LogP) is 13.1. The first-order valence-electron chi connectivity index (χ1n) is 19.2. The van der Waals surface area contributed by atoms with Crippen LogP contribution in [0.5, 0.6) is 11.5 Å². The van der Waals surface area contributed by atoms with Crippen molar-refractivity contribution >= 4 is 11.3 Å². The van der Waals surface area contributed by atoms with Crippen LogP contribution in [0.1, 0.15) is 140 Å². The van der Waals surface area contributed by atoms with Gasteiger partial charge in [-0.3, -0.25) is 0 Å². The number of hydrogen-bond donors (Lipinski definition) is 0. The highest BCUT2D eigenvalue weighted by Crippen LogP contribution is 2.26. The van der Waals surface area contributed by atoms with Gasteiger partial charge in [-0.1, -0.05) is 158 Å². The highest BCUT2D eigenvalue weighted by molar-refractivity contribution is 7.15. The normalized spacial score (nSPS) is 10.9. The second-order valence-corrected chi connectivity index (χ2v) is 14.1. The number of ether oxygens (including phenoxy) is 2. The fourth-order valence-electron chi connectivity index (χ4n) is 5.90. The molecule has 5 heteroatoms. The summed E-state index contributed by atoms with van der Waals surface area (Å²) in [4.78, 5) is 0. The summed E-state index contributed by atoms with van der Waals surface area (Å²) in [6.07, 6.45) is 23.8. The van der Waals surface area contributed by atoms with Crippen LogP contribution in [0.2, 0.25) is 0 Å². The average molecular weight is 679 g/mol. The Kier molecular flexibility index (Phi) is 18.5. The first kappa shape index (κ1) is 38.2. The lowest BCUT2D eigenvalue weighted by Crippen LogP contribution is -1.97. The summed E-state index contributed by atoms with van der Waals surface area (Å²) < 4.78 is 12.0. The Morgan fingerprint density at radius 3 is 1.33 bits per heavy atom. The SMILES string of the molecule is CCCCCCCCCCCCOc1ccc(-c2nnc(C#Cc3ccc(-c4ccc(OCCCCCCCCCC)cc4)cc3)s2)cc1. The van der Waals surface area contributed by atoms with E-state index in [1.165, 1.54) is 120 Å². The summed E-state index contributed by atoms with van der Waals surface area (Å²) in [5.41, 5.74) is 4.32. The van der Waals surface area contributed by atoms with Gasteiger partial charge in [0.1, 0.15) is 16.5 Å². The zero-order chi connectivity index (χ0) is 34.2. The van der Waals surface area contributed by atoms with Crippen LogP contribution in [0.15, 0.2) is 72.8 Å². The van der Waals surface area contributed by atoms with Crippen molar-refractivity contribution in [2.45, 2.75) is 129 Å². The van der Waals surface area contributed by atoms with Crippen LogP contribution in [-0.4, -0.2) is 23.4 Å².